The van der Waals surface area contributed by atoms with Gasteiger partial charge in [-0.1, -0.05) is 0 Å². The minimum absolute atomic E-state index is 0.0236. The largest absolute Gasteiger partial charge is 0.480 e. The Morgan fingerprint density at radius 2 is 2.44 bits per heavy atom. The molecule has 6 nitrogen and oxygen atoms in total. The van der Waals surface area contributed by atoms with Gasteiger partial charge in [-0.25, -0.2) is 4.98 Å². The van der Waals surface area contributed by atoms with Crippen molar-refractivity contribution in [1.29, 1.82) is 0 Å². The second kappa shape index (κ2) is 3.80. The number of carboxylic acids is 1. The molecule has 16 heavy (non-hydrogen) atoms. The Hall–Kier alpha value is -2.11. The number of hydrogen-bond donors (Lipinski definition) is 2. The van der Waals surface area contributed by atoms with E-state index >= 15 is 0 Å². The summed E-state index contributed by atoms with van der Waals surface area (Å²) in [6, 6.07) is 1.77. The van der Waals surface area contributed by atoms with E-state index in [1.165, 1.54) is 4.90 Å². The predicted molar refractivity (Wildman–Crippen MR) is 57.5 cm³/mol. The lowest BCUT2D eigenvalue weighted by Gasteiger charge is -2.29. The highest BCUT2D eigenvalue weighted by Gasteiger charge is 2.25. The molecule has 0 radical (unpaired) electrons. The van der Waals surface area contributed by atoms with Crippen molar-refractivity contribution in [3.8, 4) is 0 Å². The molecule has 0 aliphatic carbocycles. The van der Waals surface area contributed by atoms with Crippen LogP contribution < -0.4 is 10.2 Å². The number of aromatic nitrogens is 1. The third-order valence-corrected chi connectivity index (χ3v) is 2.36. The van der Waals surface area contributed by atoms with Crippen LogP contribution in [0.2, 0.25) is 0 Å². The molecule has 1 aromatic heterocycles. The SMILES string of the molecule is Cc1ccnc2c1NC(=O)CN2CC(=O)O. The number of hydrogen-bond acceptors (Lipinski definition) is 4. The van der Waals surface area contributed by atoms with Crippen LogP contribution in [-0.2, 0) is 9.59 Å². The van der Waals surface area contributed by atoms with Crippen LogP contribution in [-0.4, -0.2) is 35.1 Å². The van der Waals surface area contributed by atoms with Gasteiger partial charge in [0.25, 0.3) is 0 Å². The number of nitrogens with zero attached hydrogens (tertiary/aromatic N) is 2. The summed E-state index contributed by atoms with van der Waals surface area (Å²) in [7, 11) is 0. The van der Waals surface area contributed by atoms with Crippen molar-refractivity contribution >= 4 is 23.4 Å². The number of amides is 1. The lowest BCUT2D eigenvalue weighted by atomic mass is 10.2. The molecule has 1 aliphatic heterocycles. The van der Waals surface area contributed by atoms with Crippen LogP contribution >= 0.6 is 0 Å². The Labute approximate surface area is 91.9 Å². The molecule has 0 spiro atoms. The highest BCUT2D eigenvalue weighted by molar-refractivity contribution is 6.02. The summed E-state index contributed by atoms with van der Waals surface area (Å²) in [5.74, 6) is -0.684. The number of carbonyl (C=O) groups excluding carboxylic acids is 1. The lowest BCUT2D eigenvalue weighted by Crippen LogP contribution is -2.41. The Bertz CT molecular complexity index is 459. The molecular weight excluding hydrogens is 210 g/mol. The van der Waals surface area contributed by atoms with Crippen LogP contribution in [0, 0.1) is 6.92 Å². The summed E-state index contributed by atoms with van der Waals surface area (Å²) < 4.78 is 0. The smallest absolute Gasteiger partial charge is 0.323 e. The van der Waals surface area contributed by atoms with Gasteiger partial charge in [-0.2, -0.15) is 0 Å². The molecule has 0 atom stereocenters. The van der Waals surface area contributed by atoms with E-state index in [0.717, 1.165) is 5.56 Å². The van der Waals surface area contributed by atoms with Crippen molar-refractivity contribution in [2.75, 3.05) is 23.3 Å². The van der Waals surface area contributed by atoms with Gasteiger partial charge in [0.05, 0.1) is 12.2 Å². The quantitative estimate of drug-likeness (QED) is 0.747. The summed E-state index contributed by atoms with van der Waals surface area (Å²) in [6.45, 7) is 1.64. The molecule has 6 heteroatoms. The van der Waals surface area contributed by atoms with Crippen molar-refractivity contribution in [1.82, 2.24) is 4.98 Å². The van der Waals surface area contributed by atoms with Gasteiger partial charge in [0.2, 0.25) is 5.91 Å². The molecule has 0 fully saturated rings. The first kappa shape index (κ1) is 10.4. The topological polar surface area (TPSA) is 82.5 Å². The van der Waals surface area contributed by atoms with E-state index < -0.39 is 5.97 Å². The molecule has 1 aliphatic rings. The maximum absolute atomic E-state index is 11.4. The standard InChI is InChI=1S/C10H11N3O3/c1-6-2-3-11-10-9(6)12-7(14)4-13(10)5-8(15)16/h2-3H,4-5H2,1H3,(H,12,14)(H,15,16). The maximum atomic E-state index is 11.4. The zero-order valence-corrected chi connectivity index (χ0v) is 8.73. The van der Waals surface area contributed by atoms with Crippen LogP contribution in [0.1, 0.15) is 5.56 Å². The van der Waals surface area contributed by atoms with E-state index in [1.807, 2.05) is 6.92 Å². The van der Waals surface area contributed by atoms with Gasteiger partial charge in [0.15, 0.2) is 5.82 Å². The van der Waals surface area contributed by atoms with E-state index in [9.17, 15) is 9.59 Å². The van der Waals surface area contributed by atoms with Crippen LogP contribution in [0.5, 0.6) is 0 Å². The zero-order chi connectivity index (χ0) is 11.7. The molecule has 2 rings (SSSR count). The van der Waals surface area contributed by atoms with Crippen LogP contribution in [0.3, 0.4) is 0 Å². The Kier molecular flexibility index (Phi) is 2.47. The Balaban J connectivity index is 2.41. The third-order valence-electron chi connectivity index (χ3n) is 2.36. The lowest BCUT2D eigenvalue weighted by molar-refractivity contribution is -0.135. The number of carbonyl (C=O) groups is 2. The zero-order valence-electron chi connectivity index (χ0n) is 8.73. The molecule has 0 saturated heterocycles. The average molecular weight is 221 g/mol. The highest BCUT2D eigenvalue weighted by Crippen LogP contribution is 2.29. The summed E-state index contributed by atoms with van der Waals surface area (Å²) in [5.41, 5.74) is 1.47. The van der Waals surface area contributed by atoms with Crippen LogP contribution in [0.4, 0.5) is 11.5 Å². The molecule has 0 unspecified atom stereocenters. The van der Waals surface area contributed by atoms with Gasteiger partial charge < -0.3 is 15.3 Å². The summed E-state index contributed by atoms with van der Waals surface area (Å²) in [5, 5.41) is 11.4. The highest BCUT2D eigenvalue weighted by atomic mass is 16.4. The van der Waals surface area contributed by atoms with Gasteiger partial charge in [0, 0.05) is 6.20 Å². The number of fused-ring (bicyclic) bond motifs is 1. The Morgan fingerprint density at radius 1 is 1.69 bits per heavy atom. The number of pyridine rings is 1. The van der Waals surface area contributed by atoms with Crippen molar-refractivity contribution in [2.45, 2.75) is 6.92 Å². The van der Waals surface area contributed by atoms with Gasteiger partial charge >= 0.3 is 5.97 Å². The van der Waals surface area contributed by atoms with Crippen LogP contribution in [0.25, 0.3) is 0 Å². The second-order valence-electron chi connectivity index (χ2n) is 3.62. The van der Waals surface area contributed by atoms with Crippen molar-refractivity contribution in [3.63, 3.8) is 0 Å². The number of aliphatic carboxylic acids is 1. The second-order valence-corrected chi connectivity index (χ2v) is 3.62. The number of nitrogens with one attached hydrogen (secondary N) is 1. The fraction of sp³-hybridized carbons (Fsp3) is 0.300. The first-order chi connectivity index (χ1) is 7.58. The first-order valence-corrected chi connectivity index (χ1v) is 4.80. The molecule has 1 amide bonds. The van der Waals surface area contributed by atoms with Crippen LogP contribution in [0.15, 0.2) is 12.3 Å². The van der Waals surface area contributed by atoms with E-state index in [2.05, 4.69) is 10.3 Å². The van der Waals surface area contributed by atoms with Crippen molar-refractivity contribution in [3.05, 3.63) is 17.8 Å². The molecule has 1 aromatic rings. The predicted octanol–water partition coefficient (Wildman–Crippen LogP) is 0.233. The normalized spacial score (nSPS) is 14.3. The molecule has 84 valence electrons. The average Bonchev–Trinajstić information content (AvgIpc) is 2.18. The molecule has 0 bridgehead atoms. The minimum atomic E-state index is -0.982. The summed E-state index contributed by atoms with van der Waals surface area (Å²) in [4.78, 5) is 27.6. The van der Waals surface area contributed by atoms with Crippen molar-refractivity contribution in [2.24, 2.45) is 0 Å². The fourth-order valence-corrected chi connectivity index (χ4v) is 1.66. The molecule has 2 heterocycles. The molecule has 2 N–H and O–H groups in total. The van der Waals surface area contributed by atoms with E-state index in [0.29, 0.717) is 11.5 Å². The first-order valence-electron chi connectivity index (χ1n) is 4.80. The maximum Gasteiger partial charge on any atom is 0.323 e. The fourth-order valence-electron chi connectivity index (χ4n) is 1.66. The minimum Gasteiger partial charge on any atom is -0.480 e. The summed E-state index contributed by atoms with van der Waals surface area (Å²) in [6.07, 6.45) is 1.60. The number of aryl methyl sites for hydroxylation is 1. The summed E-state index contributed by atoms with van der Waals surface area (Å²) >= 11 is 0. The van der Waals surface area contributed by atoms with Gasteiger partial charge in [-0.3, -0.25) is 9.59 Å². The molecular formula is C10H11N3O3. The van der Waals surface area contributed by atoms with E-state index in [1.54, 1.807) is 12.3 Å². The van der Waals surface area contributed by atoms with E-state index in [-0.39, 0.29) is 19.0 Å². The molecule has 0 saturated carbocycles. The molecule has 0 aromatic carbocycles. The van der Waals surface area contributed by atoms with Gasteiger partial charge in [0.1, 0.15) is 6.54 Å². The number of carboxylic acid groups (broad SMARTS) is 1. The monoisotopic (exact) mass is 221 g/mol. The van der Waals surface area contributed by atoms with Gasteiger partial charge in [-0.15, -0.1) is 0 Å². The number of rotatable bonds is 2. The third kappa shape index (κ3) is 1.81. The van der Waals surface area contributed by atoms with Gasteiger partial charge in [-0.05, 0) is 18.6 Å². The Morgan fingerprint density at radius 3 is 3.12 bits per heavy atom. The van der Waals surface area contributed by atoms with E-state index in [4.69, 9.17) is 5.11 Å². The number of anilines is 2. The van der Waals surface area contributed by atoms with Crippen molar-refractivity contribution < 1.29 is 14.7 Å².